The van der Waals surface area contributed by atoms with Crippen LogP contribution in [0, 0.1) is 20.8 Å². The Balaban J connectivity index is 1.87. The van der Waals surface area contributed by atoms with Crippen LogP contribution in [0.4, 0.5) is 4.79 Å². The van der Waals surface area contributed by atoms with Crippen molar-refractivity contribution < 1.29 is 9.32 Å². The van der Waals surface area contributed by atoms with Crippen molar-refractivity contribution >= 4 is 6.03 Å². The van der Waals surface area contributed by atoms with Crippen molar-refractivity contribution in [3.05, 3.63) is 34.5 Å². The molecule has 2 amide bonds. The Morgan fingerprint density at radius 1 is 1.39 bits per heavy atom. The van der Waals surface area contributed by atoms with Crippen LogP contribution in [-0.4, -0.2) is 27.5 Å². The summed E-state index contributed by atoms with van der Waals surface area (Å²) in [6.07, 6.45) is 3.38. The minimum atomic E-state index is -0.182. The molecule has 0 aliphatic rings. The third kappa shape index (κ3) is 3.91. The van der Waals surface area contributed by atoms with E-state index in [1.165, 1.54) is 0 Å². The average Bonchev–Trinajstić information content (AvgIpc) is 3.01. The number of urea groups is 1. The lowest BCUT2D eigenvalue weighted by molar-refractivity contribution is 0.236. The van der Waals surface area contributed by atoms with E-state index >= 15 is 0 Å². The molecule has 0 saturated carbocycles. The largest absolute Gasteiger partial charge is 0.361 e. The van der Waals surface area contributed by atoms with Gasteiger partial charge in [0.15, 0.2) is 0 Å². The number of nitrogens with one attached hydrogen (secondary N) is 2. The average molecular weight is 319 g/mol. The molecule has 1 unspecified atom stereocenters. The molecular formula is C16H25N5O2. The van der Waals surface area contributed by atoms with Gasteiger partial charge in [-0.05, 0) is 39.2 Å². The number of amides is 2. The molecular weight excluding hydrogens is 294 g/mol. The molecule has 2 N–H and O–H groups in total. The van der Waals surface area contributed by atoms with Crippen molar-refractivity contribution in [2.45, 2.75) is 46.6 Å². The number of carbonyl (C=O) groups excluding carboxylic acids is 1. The predicted octanol–water partition coefficient (Wildman–Crippen LogP) is 2.33. The van der Waals surface area contributed by atoms with Gasteiger partial charge in [-0.1, -0.05) is 12.1 Å². The van der Waals surface area contributed by atoms with E-state index in [4.69, 9.17) is 4.52 Å². The van der Waals surface area contributed by atoms with E-state index in [9.17, 15) is 4.79 Å². The van der Waals surface area contributed by atoms with Gasteiger partial charge in [0, 0.05) is 24.8 Å². The number of nitrogens with zero attached hydrogens (tertiary/aromatic N) is 3. The molecule has 0 radical (unpaired) electrons. The van der Waals surface area contributed by atoms with E-state index in [-0.39, 0.29) is 12.1 Å². The molecule has 2 rings (SSSR count). The van der Waals surface area contributed by atoms with Gasteiger partial charge in [0.25, 0.3) is 0 Å². The second-order valence-electron chi connectivity index (χ2n) is 5.73. The van der Waals surface area contributed by atoms with E-state index in [1.54, 1.807) is 0 Å². The van der Waals surface area contributed by atoms with Crippen LogP contribution in [0.25, 0.3) is 0 Å². The molecule has 0 saturated heterocycles. The van der Waals surface area contributed by atoms with Crippen LogP contribution in [0.2, 0.25) is 0 Å². The molecule has 0 spiro atoms. The molecule has 0 aliphatic heterocycles. The van der Waals surface area contributed by atoms with Crippen LogP contribution >= 0.6 is 0 Å². The standard InChI is InChI=1S/C16H25N5O2/c1-6-14(15-10(2)20-23-12(15)4)19-16(22)17-8-7-13-9-18-21(5)11(13)3/h9,14H,6-8H2,1-5H3,(H2,17,19,22). The molecule has 0 bridgehead atoms. The van der Waals surface area contributed by atoms with Crippen LogP contribution in [0.5, 0.6) is 0 Å². The second kappa shape index (κ2) is 7.30. The number of aromatic nitrogens is 3. The Hall–Kier alpha value is -2.31. The van der Waals surface area contributed by atoms with Crippen molar-refractivity contribution in [2.75, 3.05) is 6.54 Å². The quantitative estimate of drug-likeness (QED) is 0.856. The van der Waals surface area contributed by atoms with Gasteiger partial charge in [0.1, 0.15) is 5.76 Å². The van der Waals surface area contributed by atoms with E-state index in [0.29, 0.717) is 6.54 Å². The van der Waals surface area contributed by atoms with Gasteiger partial charge in [-0.25, -0.2) is 4.79 Å². The lowest BCUT2D eigenvalue weighted by atomic mass is 10.0. The molecule has 23 heavy (non-hydrogen) atoms. The molecule has 0 aliphatic carbocycles. The normalized spacial score (nSPS) is 12.2. The van der Waals surface area contributed by atoms with Crippen LogP contribution < -0.4 is 10.6 Å². The number of aryl methyl sites for hydroxylation is 3. The van der Waals surface area contributed by atoms with Gasteiger partial charge in [0.2, 0.25) is 0 Å². The highest BCUT2D eigenvalue weighted by Crippen LogP contribution is 2.23. The summed E-state index contributed by atoms with van der Waals surface area (Å²) in [7, 11) is 1.91. The Morgan fingerprint density at radius 2 is 2.13 bits per heavy atom. The van der Waals surface area contributed by atoms with Crippen molar-refractivity contribution in [2.24, 2.45) is 7.05 Å². The molecule has 0 fully saturated rings. The second-order valence-corrected chi connectivity index (χ2v) is 5.73. The van der Waals surface area contributed by atoms with Crippen molar-refractivity contribution in [1.29, 1.82) is 0 Å². The fraction of sp³-hybridized carbons (Fsp3) is 0.562. The Labute approximate surface area is 136 Å². The lowest BCUT2D eigenvalue weighted by Gasteiger charge is -2.17. The van der Waals surface area contributed by atoms with Crippen LogP contribution in [0.3, 0.4) is 0 Å². The molecule has 2 aromatic rings. The third-order valence-corrected chi connectivity index (χ3v) is 4.17. The van der Waals surface area contributed by atoms with Crippen molar-refractivity contribution in [3.8, 4) is 0 Å². The molecule has 126 valence electrons. The van der Waals surface area contributed by atoms with E-state index in [1.807, 2.05) is 45.6 Å². The van der Waals surface area contributed by atoms with E-state index < -0.39 is 0 Å². The van der Waals surface area contributed by atoms with Crippen LogP contribution in [0.15, 0.2) is 10.7 Å². The molecule has 7 nitrogen and oxygen atoms in total. The van der Waals surface area contributed by atoms with Gasteiger partial charge >= 0.3 is 6.03 Å². The summed E-state index contributed by atoms with van der Waals surface area (Å²) >= 11 is 0. The highest BCUT2D eigenvalue weighted by atomic mass is 16.5. The lowest BCUT2D eigenvalue weighted by Crippen LogP contribution is -2.39. The molecule has 7 heteroatoms. The number of hydrogen-bond donors (Lipinski definition) is 2. The molecule has 0 aromatic carbocycles. The Morgan fingerprint density at radius 3 is 2.65 bits per heavy atom. The Kier molecular flexibility index (Phi) is 5.41. The summed E-state index contributed by atoms with van der Waals surface area (Å²) in [4.78, 5) is 12.1. The predicted molar refractivity (Wildman–Crippen MR) is 87.2 cm³/mol. The smallest absolute Gasteiger partial charge is 0.315 e. The molecule has 1 atom stereocenters. The van der Waals surface area contributed by atoms with Gasteiger partial charge in [-0.2, -0.15) is 5.10 Å². The maximum absolute atomic E-state index is 12.1. The van der Waals surface area contributed by atoms with Gasteiger partial charge in [0.05, 0.1) is 17.9 Å². The summed E-state index contributed by atoms with van der Waals surface area (Å²) < 4.78 is 7.02. The zero-order chi connectivity index (χ0) is 17.0. The first-order valence-electron chi connectivity index (χ1n) is 7.88. The Bertz CT molecular complexity index is 655. The number of carbonyl (C=O) groups is 1. The fourth-order valence-corrected chi connectivity index (χ4v) is 2.68. The monoisotopic (exact) mass is 319 g/mol. The molecule has 2 heterocycles. The highest BCUT2D eigenvalue weighted by Gasteiger charge is 2.20. The van der Waals surface area contributed by atoms with Gasteiger partial charge < -0.3 is 15.2 Å². The maximum atomic E-state index is 12.1. The van der Waals surface area contributed by atoms with E-state index in [2.05, 4.69) is 20.9 Å². The first-order chi connectivity index (χ1) is 10.9. The topological polar surface area (TPSA) is 85.0 Å². The van der Waals surface area contributed by atoms with Crippen molar-refractivity contribution in [3.63, 3.8) is 0 Å². The fourth-order valence-electron chi connectivity index (χ4n) is 2.68. The summed E-state index contributed by atoms with van der Waals surface area (Å²) in [5.74, 6) is 0.751. The van der Waals surface area contributed by atoms with Gasteiger partial charge in [-0.15, -0.1) is 0 Å². The SMILES string of the molecule is CCC(NC(=O)NCCc1cnn(C)c1C)c1c(C)noc1C. The first kappa shape index (κ1) is 17.1. The zero-order valence-electron chi connectivity index (χ0n) is 14.4. The third-order valence-electron chi connectivity index (χ3n) is 4.17. The summed E-state index contributed by atoms with van der Waals surface area (Å²) in [5.41, 5.74) is 4.05. The van der Waals surface area contributed by atoms with E-state index in [0.717, 1.165) is 41.1 Å². The maximum Gasteiger partial charge on any atom is 0.315 e. The van der Waals surface area contributed by atoms with Gasteiger partial charge in [-0.3, -0.25) is 4.68 Å². The summed E-state index contributed by atoms with van der Waals surface area (Å²) in [5, 5.41) is 14.0. The zero-order valence-corrected chi connectivity index (χ0v) is 14.4. The van der Waals surface area contributed by atoms with Crippen LogP contribution in [-0.2, 0) is 13.5 Å². The highest BCUT2D eigenvalue weighted by molar-refractivity contribution is 5.74. The van der Waals surface area contributed by atoms with Crippen molar-refractivity contribution in [1.82, 2.24) is 25.6 Å². The first-order valence-corrected chi connectivity index (χ1v) is 7.88. The number of rotatable bonds is 6. The molecule has 2 aromatic heterocycles. The number of hydrogen-bond acceptors (Lipinski definition) is 4. The minimum Gasteiger partial charge on any atom is -0.361 e. The van der Waals surface area contributed by atoms with Crippen LogP contribution in [0.1, 0.15) is 47.7 Å². The minimum absolute atomic E-state index is 0.0959. The summed E-state index contributed by atoms with van der Waals surface area (Å²) in [6.45, 7) is 8.36. The summed E-state index contributed by atoms with van der Waals surface area (Å²) in [6, 6.07) is -0.278.